The van der Waals surface area contributed by atoms with Crippen LogP contribution in [0.15, 0.2) is 23.9 Å². The molecule has 1 rings (SSSR count). The summed E-state index contributed by atoms with van der Waals surface area (Å²) in [6, 6.07) is 6.37. The molecule has 0 fully saturated rings. The van der Waals surface area contributed by atoms with Gasteiger partial charge in [0.2, 0.25) is 0 Å². The minimum Gasteiger partial charge on any atom is -0.402 e. The molecule has 0 aliphatic heterocycles. The molecule has 2 N–H and O–H groups in total. The van der Waals surface area contributed by atoms with E-state index in [-0.39, 0.29) is 0 Å². The molecular weight excluding hydrogens is 146 g/mol. The summed E-state index contributed by atoms with van der Waals surface area (Å²) >= 11 is 0. The largest absolute Gasteiger partial charge is 0.402 e. The Hall–Kier alpha value is -1.24. The van der Waals surface area contributed by atoms with E-state index >= 15 is 0 Å². The number of hydrogen-bond acceptors (Lipinski definition) is 1. The lowest BCUT2D eigenvalue weighted by Crippen LogP contribution is -1.91. The van der Waals surface area contributed by atoms with E-state index in [4.69, 9.17) is 5.73 Å². The van der Waals surface area contributed by atoms with E-state index in [1.807, 2.05) is 13.0 Å². The highest BCUT2D eigenvalue weighted by molar-refractivity contribution is 5.56. The third kappa shape index (κ3) is 2.12. The molecule has 0 aliphatic rings. The third-order valence-electron chi connectivity index (χ3n) is 1.82. The predicted molar refractivity (Wildman–Crippen MR) is 53.8 cm³/mol. The lowest BCUT2D eigenvalue weighted by molar-refractivity contribution is 1.32. The fourth-order valence-electron chi connectivity index (χ4n) is 1.16. The third-order valence-corrected chi connectivity index (χ3v) is 1.82. The fraction of sp³-hybridized carbons (Fsp3) is 0.273. The molecule has 0 unspecified atom stereocenters. The van der Waals surface area contributed by atoms with Crippen LogP contribution >= 0.6 is 0 Å². The van der Waals surface area contributed by atoms with Crippen LogP contribution < -0.4 is 5.73 Å². The topological polar surface area (TPSA) is 26.0 Å². The maximum Gasteiger partial charge on any atom is 0.00549 e. The van der Waals surface area contributed by atoms with E-state index in [9.17, 15) is 0 Å². The van der Waals surface area contributed by atoms with Gasteiger partial charge in [0.25, 0.3) is 0 Å². The highest BCUT2D eigenvalue weighted by atomic mass is 14.5. The van der Waals surface area contributed by atoms with Crippen LogP contribution in [0.1, 0.15) is 23.6 Å². The van der Waals surface area contributed by atoms with E-state index in [0.29, 0.717) is 0 Å². The van der Waals surface area contributed by atoms with Gasteiger partial charge in [-0.2, -0.15) is 0 Å². The number of aryl methyl sites for hydroxylation is 2. The molecule has 0 heterocycles. The summed E-state index contributed by atoms with van der Waals surface area (Å²) in [4.78, 5) is 0. The average molecular weight is 161 g/mol. The van der Waals surface area contributed by atoms with Crippen LogP contribution in [0.2, 0.25) is 0 Å². The van der Waals surface area contributed by atoms with Gasteiger partial charge in [-0.25, -0.2) is 0 Å². The molecule has 64 valence electrons. The standard InChI is InChI=1S/C11H15N/c1-8-4-5-9(2)11(6-8)7-10(3)12/h4-7H,12H2,1-3H3/b10-7-. The Morgan fingerprint density at radius 1 is 1.33 bits per heavy atom. The molecule has 0 aromatic heterocycles. The minimum absolute atomic E-state index is 0.851. The summed E-state index contributed by atoms with van der Waals surface area (Å²) in [5, 5.41) is 0. The normalized spacial score (nSPS) is 11.8. The van der Waals surface area contributed by atoms with Crippen molar-refractivity contribution in [3.63, 3.8) is 0 Å². The summed E-state index contributed by atoms with van der Waals surface area (Å²) in [6.45, 7) is 6.08. The number of allylic oxidation sites excluding steroid dienone is 1. The van der Waals surface area contributed by atoms with Crippen molar-refractivity contribution in [3.05, 3.63) is 40.6 Å². The van der Waals surface area contributed by atoms with Crippen LogP contribution in [-0.2, 0) is 0 Å². The highest BCUT2D eigenvalue weighted by Gasteiger charge is 1.94. The summed E-state index contributed by atoms with van der Waals surface area (Å²) < 4.78 is 0. The minimum atomic E-state index is 0.851. The van der Waals surface area contributed by atoms with Gasteiger partial charge < -0.3 is 5.73 Å². The van der Waals surface area contributed by atoms with Crippen molar-refractivity contribution in [1.82, 2.24) is 0 Å². The van der Waals surface area contributed by atoms with Gasteiger partial charge in [-0.3, -0.25) is 0 Å². The first-order valence-electron chi connectivity index (χ1n) is 4.10. The molecule has 1 heteroatoms. The summed E-state index contributed by atoms with van der Waals surface area (Å²) in [5.41, 5.74) is 10.2. The molecule has 1 aromatic rings. The molecule has 0 bridgehead atoms. The molecule has 1 aromatic carbocycles. The maximum atomic E-state index is 5.60. The first kappa shape index (κ1) is 8.85. The number of nitrogens with two attached hydrogens (primary N) is 1. The van der Waals surface area contributed by atoms with Crippen molar-refractivity contribution in [2.24, 2.45) is 5.73 Å². The molecular formula is C11H15N. The van der Waals surface area contributed by atoms with Gasteiger partial charge >= 0.3 is 0 Å². The SMILES string of the molecule is C/C(N)=C/c1cc(C)ccc1C. The van der Waals surface area contributed by atoms with Gasteiger partial charge in [-0.05, 0) is 38.0 Å². The van der Waals surface area contributed by atoms with Gasteiger partial charge in [-0.1, -0.05) is 23.8 Å². The van der Waals surface area contributed by atoms with Gasteiger partial charge in [0.05, 0.1) is 0 Å². The first-order chi connectivity index (χ1) is 5.59. The Kier molecular flexibility index (Phi) is 2.54. The van der Waals surface area contributed by atoms with Crippen molar-refractivity contribution in [2.45, 2.75) is 20.8 Å². The van der Waals surface area contributed by atoms with Crippen LogP contribution in [0.4, 0.5) is 0 Å². The first-order valence-corrected chi connectivity index (χ1v) is 4.10. The van der Waals surface area contributed by atoms with Crippen molar-refractivity contribution in [3.8, 4) is 0 Å². The fourth-order valence-corrected chi connectivity index (χ4v) is 1.16. The zero-order chi connectivity index (χ0) is 9.14. The van der Waals surface area contributed by atoms with E-state index in [1.54, 1.807) is 0 Å². The average Bonchev–Trinajstić information content (AvgIpc) is 1.96. The van der Waals surface area contributed by atoms with E-state index in [2.05, 4.69) is 32.0 Å². The van der Waals surface area contributed by atoms with Crippen LogP contribution in [0.25, 0.3) is 6.08 Å². The van der Waals surface area contributed by atoms with Crippen molar-refractivity contribution < 1.29 is 0 Å². The molecule has 0 saturated heterocycles. The van der Waals surface area contributed by atoms with Gasteiger partial charge in [0.1, 0.15) is 0 Å². The molecule has 0 saturated carbocycles. The summed E-state index contributed by atoms with van der Waals surface area (Å²) in [6.07, 6.45) is 2.00. The lowest BCUT2D eigenvalue weighted by Gasteiger charge is -2.02. The highest BCUT2D eigenvalue weighted by Crippen LogP contribution is 2.12. The smallest absolute Gasteiger partial charge is 0.00549 e. The van der Waals surface area contributed by atoms with Crippen LogP contribution in [0.3, 0.4) is 0 Å². The molecule has 0 aliphatic carbocycles. The Morgan fingerprint density at radius 2 is 2.00 bits per heavy atom. The molecule has 0 radical (unpaired) electrons. The quantitative estimate of drug-likeness (QED) is 0.673. The second-order valence-electron chi connectivity index (χ2n) is 3.25. The van der Waals surface area contributed by atoms with Crippen LogP contribution in [0.5, 0.6) is 0 Å². The van der Waals surface area contributed by atoms with Crippen LogP contribution in [-0.4, -0.2) is 0 Å². The monoisotopic (exact) mass is 161 g/mol. The van der Waals surface area contributed by atoms with E-state index in [0.717, 1.165) is 5.70 Å². The Morgan fingerprint density at radius 3 is 2.58 bits per heavy atom. The molecule has 0 spiro atoms. The molecule has 12 heavy (non-hydrogen) atoms. The Bertz CT molecular complexity index is 307. The zero-order valence-electron chi connectivity index (χ0n) is 7.89. The zero-order valence-corrected chi connectivity index (χ0v) is 7.89. The number of hydrogen-bond donors (Lipinski definition) is 1. The van der Waals surface area contributed by atoms with Crippen LogP contribution in [0, 0.1) is 13.8 Å². The van der Waals surface area contributed by atoms with Gasteiger partial charge in [0, 0.05) is 5.70 Å². The lowest BCUT2D eigenvalue weighted by atomic mass is 10.1. The Balaban J connectivity index is 3.14. The van der Waals surface area contributed by atoms with Gasteiger partial charge in [-0.15, -0.1) is 0 Å². The maximum absolute atomic E-state index is 5.60. The number of benzene rings is 1. The summed E-state index contributed by atoms with van der Waals surface area (Å²) in [5.74, 6) is 0. The summed E-state index contributed by atoms with van der Waals surface area (Å²) in [7, 11) is 0. The van der Waals surface area contributed by atoms with Crippen molar-refractivity contribution in [2.75, 3.05) is 0 Å². The van der Waals surface area contributed by atoms with E-state index in [1.165, 1.54) is 16.7 Å². The Labute approximate surface area is 73.9 Å². The molecule has 0 amide bonds. The van der Waals surface area contributed by atoms with Gasteiger partial charge in [0.15, 0.2) is 0 Å². The van der Waals surface area contributed by atoms with Crippen molar-refractivity contribution in [1.29, 1.82) is 0 Å². The second kappa shape index (κ2) is 3.44. The number of rotatable bonds is 1. The van der Waals surface area contributed by atoms with E-state index < -0.39 is 0 Å². The molecule has 1 nitrogen and oxygen atoms in total. The second-order valence-corrected chi connectivity index (χ2v) is 3.25. The predicted octanol–water partition coefficient (Wildman–Crippen LogP) is 2.62. The molecule has 0 atom stereocenters. The van der Waals surface area contributed by atoms with Crippen molar-refractivity contribution >= 4 is 6.08 Å².